The van der Waals surface area contributed by atoms with Gasteiger partial charge in [-0.1, -0.05) is 30.3 Å². The fourth-order valence-electron chi connectivity index (χ4n) is 2.31. The molecule has 8 heteroatoms. The van der Waals surface area contributed by atoms with E-state index in [1.165, 1.54) is 0 Å². The van der Waals surface area contributed by atoms with Crippen LogP contribution in [0.1, 0.15) is 32.7 Å². The first-order valence-electron chi connectivity index (χ1n) is 8.71. The molecule has 0 saturated carbocycles. The molecule has 0 aromatic heterocycles. The molecule has 0 radical (unpaired) electrons. The predicted molar refractivity (Wildman–Crippen MR) is 103 cm³/mol. The monoisotopic (exact) mass is 382 g/mol. The summed E-state index contributed by atoms with van der Waals surface area (Å²) >= 11 is 0. The van der Waals surface area contributed by atoms with E-state index in [2.05, 4.69) is 16.0 Å². The summed E-state index contributed by atoms with van der Waals surface area (Å²) < 4.78 is 0. The maximum atomic E-state index is 11.9. The van der Waals surface area contributed by atoms with Crippen molar-refractivity contribution in [3.05, 3.63) is 71.3 Å². The molecule has 0 spiro atoms. The van der Waals surface area contributed by atoms with Crippen molar-refractivity contribution in [2.24, 2.45) is 5.73 Å². The highest BCUT2D eigenvalue weighted by molar-refractivity contribution is 5.96. The van der Waals surface area contributed by atoms with Gasteiger partial charge >= 0.3 is 0 Å². The Bertz CT molecular complexity index is 835. The Balaban J connectivity index is 1.70. The van der Waals surface area contributed by atoms with Crippen LogP contribution in [0.25, 0.3) is 0 Å². The van der Waals surface area contributed by atoms with E-state index in [1.807, 2.05) is 6.07 Å². The van der Waals surface area contributed by atoms with Gasteiger partial charge in [0.05, 0.1) is 6.54 Å². The standard InChI is InChI=1S/C20H22N4O4/c21-17(25)13-24-20(28)16-8-6-14(7-9-16)12-23-18(26)10-11-22-19(27)15-4-2-1-3-5-15/h1-9H,10-13H2,(H2,21,25)(H,22,27)(H,23,26)(H,24,28). The van der Waals surface area contributed by atoms with Gasteiger partial charge in [-0.2, -0.15) is 0 Å². The highest BCUT2D eigenvalue weighted by Crippen LogP contribution is 2.04. The van der Waals surface area contributed by atoms with E-state index in [4.69, 9.17) is 5.73 Å². The maximum absolute atomic E-state index is 11.9. The van der Waals surface area contributed by atoms with E-state index >= 15 is 0 Å². The third-order valence-corrected chi connectivity index (χ3v) is 3.80. The molecule has 0 fully saturated rings. The van der Waals surface area contributed by atoms with E-state index in [-0.39, 0.29) is 31.3 Å². The van der Waals surface area contributed by atoms with Gasteiger partial charge in [0.25, 0.3) is 11.8 Å². The third kappa shape index (κ3) is 6.91. The van der Waals surface area contributed by atoms with Crippen molar-refractivity contribution in [1.29, 1.82) is 0 Å². The van der Waals surface area contributed by atoms with E-state index in [0.717, 1.165) is 5.56 Å². The average molecular weight is 382 g/mol. The van der Waals surface area contributed by atoms with Crippen LogP contribution in [0.15, 0.2) is 54.6 Å². The van der Waals surface area contributed by atoms with E-state index in [9.17, 15) is 19.2 Å². The van der Waals surface area contributed by atoms with E-state index in [0.29, 0.717) is 17.7 Å². The number of benzene rings is 2. The lowest BCUT2D eigenvalue weighted by Crippen LogP contribution is -2.33. The summed E-state index contributed by atoms with van der Waals surface area (Å²) in [4.78, 5) is 46.2. The highest BCUT2D eigenvalue weighted by Gasteiger charge is 2.08. The van der Waals surface area contributed by atoms with Gasteiger partial charge in [0.1, 0.15) is 0 Å². The van der Waals surface area contributed by atoms with Crippen LogP contribution < -0.4 is 21.7 Å². The number of nitrogens with two attached hydrogens (primary N) is 1. The first kappa shape index (κ1) is 20.6. The van der Waals surface area contributed by atoms with E-state index in [1.54, 1.807) is 48.5 Å². The number of rotatable bonds is 9. The lowest BCUT2D eigenvalue weighted by Gasteiger charge is -2.08. The summed E-state index contributed by atoms with van der Waals surface area (Å²) in [5.41, 5.74) is 6.72. The fraction of sp³-hybridized carbons (Fsp3) is 0.200. The summed E-state index contributed by atoms with van der Waals surface area (Å²) in [5.74, 6) is -1.44. The van der Waals surface area contributed by atoms with Crippen LogP contribution in [0, 0.1) is 0 Å². The van der Waals surface area contributed by atoms with E-state index < -0.39 is 11.8 Å². The number of carbonyl (C=O) groups is 4. The lowest BCUT2D eigenvalue weighted by atomic mass is 10.1. The maximum Gasteiger partial charge on any atom is 0.251 e. The molecule has 0 bridgehead atoms. The number of primary amides is 1. The summed E-state index contributed by atoms with van der Waals surface area (Å²) in [6.07, 6.45) is 0.159. The zero-order chi connectivity index (χ0) is 20.4. The Morgan fingerprint density at radius 3 is 2.00 bits per heavy atom. The Morgan fingerprint density at radius 2 is 1.36 bits per heavy atom. The van der Waals surface area contributed by atoms with Crippen molar-refractivity contribution in [2.45, 2.75) is 13.0 Å². The van der Waals surface area contributed by atoms with Crippen LogP contribution in [0.5, 0.6) is 0 Å². The van der Waals surface area contributed by atoms with Crippen LogP contribution in [0.4, 0.5) is 0 Å². The Hall–Kier alpha value is -3.68. The molecule has 2 rings (SSSR count). The van der Waals surface area contributed by atoms with Crippen LogP contribution in [0.3, 0.4) is 0 Å². The summed E-state index contributed by atoms with van der Waals surface area (Å²) in [5, 5.41) is 7.83. The number of hydrogen-bond donors (Lipinski definition) is 4. The molecule has 2 aromatic carbocycles. The van der Waals surface area contributed by atoms with Crippen molar-refractivity contribution in [3.8, 4) is 0 Å². The third-order valence-electron chi connectivity index (χ3n) is 3.80. The van der Waals surface area contributed by atoms with Crippen LogP contribution in [0.2, 0.25) is 0 Å². The first-order chi connectivity index (χ1) is 13.5. The SMILES string of the molecule is NC(=O)CNC(=O)c1ccc(CNC(=O)CCNC(=O)c2ccccc2)cc1. The van der Waals surface area contributed by atoms with Gasteiger partial charge in [-0.05, 0) is 29.8 Å². The minimum Gasteiger partial charge on any atom is -0.368 e. The minimum atomic E-state index is -0.618. The topological polar surface area (TPSA) is 130 Å². The Kier molecular flexibility index (Phi) is 7.71. The average Bonchev–Trinajstić information content (AvgIpc) is 2.71. The summed E-state index contributed by atoms with van der Waals surface area (Å²) in [6.45, 7) is 0.310. The molecule has 8 nitrogen and oxygen atoms in total. The quantitative estimate of drug-likeness (QED) is 0.498. The molecule has 146 valence electrons. The van der Waals surface area contributed by atoms with Crippen molar-refractivity contribution in [2.75, 3.05) is 13.1 Å². The summed E-state index contributed by atoms with van der Waals surface area (Å²) in [7, 11) is 0. The number of amides is 4. The first-order valence-corrected chi connectivity index (χ1v) is 8.71. The molecule has 0 atom stereocenters. The van der Waals surface area contributed by atoms with Crippen molar-refractivity contribution >= 4 is 23.6 Å². The second-order valence-electron chi connectivity index (χ2n) is 5.99. The second-order valence-corrected chi connectivity index (χ2v) is 5.99. The normalized spacial score (nSPS) is 10.0. The molecule has 4 amide bonds. The minimum absolute atomic E-state index is 0.159. The Labute approximate surface area is 162 Å². The van der Waals surface area contributed by atoms with Gasteiger partial charge in [-0.3, -0.25) is 19.2 Å². The van der Waals surface area contributed by atoms with Gasteiger partial charge in [0.15, 0.2) is 0 Å². The number of hydrogen-bond acceptors (Lipinski definition) is 4. The van der Waals surface area contributed by atoms with Gasteiger partial charge in [0, 0.05) is 30.6 Å². The van der Waals surface area contributed by atoms with Gasteiger partial charge in [-0.25, -0.2) is 0 Å². The van der Waals surface area contributed by atoms with Crippen molar-refractivity contribution in [1.82, 2.24) is 16.0 Å². The molecular weight excluding hydrogens is 360 g/mol. The molecule has 2 aromatic rings. The molecule has 0 aliphatic carbocycles. The van der Waals surface area contributed by atoms with Crippen molar-refractivity contribution < 1.29 is 19.2 Å². The van der Waals surface area contributed by atoms with Gasteiger partial charge < -0.3 is 21.7 Å². The molecule has 0 saturated heterocycles. The molecule has 0 heterocycles. The van der Waals surface area contributed by atoms with Gasteiger partial charge in [0.2, 0.25) is 11.8 Å². The number of carbonyl (C=O) groups excluding carboxylic acids is 4. The molecule has 0 aliphatic heterocycles. The zero-order valence-electron chi connectivity index (χ0n) is 15.2. The zero-order valence-corrected chi connectivity index (χ0v) is 15.2. The molecule has 0 unspecified atom stereocenters. The van der Waals surface area contributed by atoms with Crippen LogP contribution in [-0.2, 0) is 16.1 Å². The highest BCUT2D eigenvalue weighted by atomic mass is 16.2. The Morgan fingerprint density at radius 1 is 0.750 bits per heavy atom. The van der Waals surface area contributed by atoms with Gasteiger partial charge in [-0.15, -0.1) is 0 Å². The summed E-state index contributed by atoms with van der Waals surface area (Å²) in [6, 6.07) is 15.4. The van der Waals surface area contributed by atoms with Crippen LogP contribution in [-0.4, -0.2) is 36.7 Å². The predicted octanol–water partition coefficient (Wildman–Crippen LogP) is 0.338. The molecule has 0 aliphatic rings. The lowest BCUT2D eigenvalue weighted by molar-refractivity contribution is -0.121. The van der Waals surface area contributed by atoms with Crippen molar-refractivity contribution in [3.63, 3.8) is 0 Å². The fourth-order valence-corrected chi connectivity index (χ4v) is 2.31. The molecular formula is C20H22N4O4. The van der Waals surface area contributed by atoms with Crippen LogP contribution >= 0.6 is 0 Å². The largest absolute Gasteiger partial charge is 0.368 e. The molecule has 28 heavy (non-hydrogen) atoms. The second kappa shape index (κ2) is 10.5. The number of nitrogens with one attached hydrogen (secondary N) is 3. The molecule has 5 N–H and O–H groups in total. The smallest absolute Gasteiger partial charge is 0.251 e.